The second kappa shape index (κ2) is 12.3. The summed E-state index contributed by atoms with van der Waals surface area (Å²) in [6, 6.07) is 3.48. The number of halogens is 6. The monoisotopic (exact) mass is 720 g/mol. The largest absolute Gasteiger partial charge is 0.489 e. The second-order valence-electron chi connectivity index (χ2n) is 13.0. The Hall–Kier alpha value is -3.71. The van der Waals surface area contributed by atoms with Crippen molar-refractivity contribution in [1.82, 2.24) is 14.9 Å². The summed E-state index contributed by atoms with van der Waals surface area (Å²) in [5, 5.41) is 9.96. The number of hydrogen-bond acceptors (Lipinski definition) is 10. The van der Waals surface area contributed by atoms with Crippen LogP contribution in [0.15, 0.2) is 12.1 Å². The van der Waals surface area contributed by atoms with Crippen LogP contribution in [0.3, 0.4) is 0 Å². The van der Waals surface area contributed by atoms with Gasteiger partial charge in [-0.05, 0) is 50.3 Å². The lowest BCUT2D eigenvalue weighted by Gasteiger charge is -2.34. The van der Waals surface area contributed by atoms with Gasteiger partial charge in [-0.25, -0.2) is 13.2 Å². The van der Waals surface area contributed by atoms with Crippen LogP contribution in [0.4, 0.5) is 32.8 Å². The highest BCUT2D eigenvalue weighted by atomic mass is 35.5. The molecule has 258 valence electrons. The predicted molar refractivity (Wildman–Crippen MR) is 174 cm³/mol. The van der Waals surface area contributed by atoms with E-state index in [4.69, 9.17) is 36.5 Å². The van der Waals surface area contributed by atoms with E-state index in [9.17, 15) is 22.8 Å². The second-order valence-corrected chi connectivity index (χ2v) is 14.4. The van der Waals surface area contributed by atoms with Gasteiger partial charge in [0.05, 0.1) is 38.4 Å². The summed E-state index contributed by atoms with van der Waals surface area (Å²) in [6.07, 6.45) is 1.43. The number of hydrogen-bond donors (Lipinski definition) is 1. The third-order valence-electron chi connectivity index (χ3n) is 10.3. The van der Waals surface area contributed by atoms with E-state index in [-0.39, 0.29) is 84.9 Å². The summed E-state index contributed by atoms with van der Waals surface area (Å²) < 4.78 is 91.6. The zero-order chi connectivity index (χ0) is 34.2. The minimum Gasteiger partial charge on any atom is -0.489 e. The van der Waals surface area contributed by atoms with Gasteiger partial charge in [0.25, 0.3) is 0 Å². The van der Waals surface area contributed by atoms with Crippen LogP contribution in [0.2, 0.25) is 5.02 Å². The number of nitrogens with zero attached hydrogens (tertiary/aromatic N) is 5. The van der Waals surface area contributed by atoms with Crippen LogP contribution in [-0.2, 0) is 4.74 Å². The standard InChI is InChI=1S/C33H30ClF5N6O3S/c34-24-22(16-5-6-18(36)28-21(16)17(11-40)29(41)49-28)25(37)26-23-27(24)46-13-19-20(48-31(38)39)4-1-2-9-45(19)30(23)43-32(42-26)47-14-33-7-3-8-44(33)12-15(35)10-33/h5-6,15,19-20,31H,1-4,7-10,12-14,41H2/t15-,19?,20?,33+/m1/s1. The quantitative estimate of drug-likeness (QED) is 0.207. The number of fused-ring (bicyclic) bond motifs is 4. The number of nitrogen functional groups attached to an aromatic ring is 1. The van der Waals surface area contributed by atoms with Gasteiger partial charge < -0.3 is 24.8 Å². The maximum atomic E-state index is 17.2. The Morgan fingerprint density at radius 3 is 2.82 bits per heavy atom. The van der Waals surface area contributed by atoms with Gasteiger partial charge in [0.1, 0.15) is 47.6 Å². The van der Waals surface area contributed by atoms with E-state index in [0.717, 1.165) is 30.4 Å². The molecule has 0 aliphatic carbocycles. The molecule has 8 rings (SSSR count). The van der Waals surface area contributed by atoms with Gasteiger partial charge in [-0.1, -0.05) is 17.7 Å². The van der Waals surface area contributed by atoms with Crippen LogP contribution in [0.1, 0.15) is 44.1 Å². The molecule has 4 aliphatic heterocycles. The zero-order valence-corrected chi connectivity index (χ0v) is 27.5. The molecule has 0 radical (unpaired) electrons. The third kappa shape index (κ3) is 5.21. The molecule has 0 amide bonds. The number of benzene rings is 2. The molecule has 4 aromatic rings. The van der Waals surface area contributed by atoms with E-state index in [2.05, 4.69) is 9.88 Å². The Morgan fingerprint density at radius 1 is 1.18 bits per heavy atom. The van der Waals surface area contributed by atoms with Crippen LogP contribution in [-0.4, -0.2) is 78.2 Å². The zero-order valence-electron chi connectivity index (χ0n) is 26.0. The van der Waals surface area contributed by atoms with Crippen molar-refractivity contribution in [2.75, 3.05) is 43.5 Å². The molecular formula is C33H30ClF5N6O3S. The van der Waals surface area contributed by atoms with E-state index < -0.39 is 42.1 Å². The summed E-state index contributed by atoms with van der Waals surface area (Å²) in [5.41, 5.74) is 5.12. The van der Waals surface area contributed by atoms with Crippen molar-refractivity contribution >= 4 is 54.7 Å². The van der Waals surface area contributed by atoms with Gasteiger partial charge in [-0.3, -0.25) is 4.90 Å². The van der Waals surface area contributed by atoms with E-state index in [1.54, 1.807) is 4.90 Å². The molecule has 2 unspecified atom stereocenters. The van der Waals surface area contributed by atoms with Crippen LogP contribution in [0.25, 0.3) is 32.1 Å². The Kier molecular flexibility index (Phi) is 8.13. The first kappa shape index (κ1) is 32.5. The molecule has 3 fully saturated rings. The van der Waals surface area contributed by atoms with E-state index in [1.807, 2.05) is 6.07 Å². The van der Waals surface area contributed by atoms with Crippen molar-refractivity contribution < 1.29 is 36.2 Å². The molecule has 2 N–H and O–H groups in total. The highest BCUT2D eigenvalue weighted by Crippen LogP contribution is 2.51. The number of alkyl halides is 3. The van der Waals surface area contributed by atoms with Crippen molar-refractivity contribution in [2.24, 2.45) is 0 Å². The molecule has 6 heterocycles. The summed E-state index contributed by atoms with van der Waals surface area (Å²) in [6.45, 7) is -1.75. The van der Waals surface area contributed by atoms with Gasteiger partial charge in [-0.15, -0.1) is 11.3 Å². The SMILES string of the molecule is N#Cc1c(N)sc2c(F)ccc(-c3c(Cl)c4c5c(nc(OC[C@@]67CCCN6C[C@H](F)C7)nc5c3F)N3CCCCC(OC(F)F)C3CO4)c12. The van der Waals surface area contributed by atoms with Crippen molar-refractivity contribution in [3.05, 3.63) is 34.4 Å². The summed E-state index contributed by atoms with van der Waals surface area (Å²) in [7, 11) is 0. The number of nitriles is 1. The predicted octanol–water partition coefficient (Wildman–Crippen LogP) is 7.21. The first-order chi connectivity index (χ1) is 23.6. The van der Waals surface area contributed by atoms with Gasteiger partial charge in [0, 0.05) is 30.5 Å². The molecule has 0 bridgehead atoms. The minimum atomic E-state index is -3.04. The molecule has 3 saturated heterocycles. The average molecular weight is 721 g/mol. The molecule has 9 nitrogen and oxygen atoms in total. The fraction of sp³-hybridized carbons (Fsp3) is 0.485. The Balaban J connectivity index is 1.34. The lowest BCUT2D eigenvalue weighted by atomic mass is 9.95. The summed E-state index contributed by atoms with van der Waals surface area (Å²) >= 11 is 7.85. The lowest BCUT2D eigenvalue weighted by molar-refractivity contribution is -0.170. The lowest BCUT2D eigenvalue weighted by Crippen LogP contribution is -2.48. The van der Waals surface area contributed by atoms with Crippen molar-refractivity contribution in [3.8, 4) is 29.0 Å². The average Bonchev–Trinajstić information content (AvgIpc) is 3.61. The highest BCUT2D eigenvalue weighted by Gasteiger charge is 2.49. The molecule has 2 aromatic heterocycles. The maximum Gasteiger partial charge on any atom is 0.345 e. The van der Waals surface area contributed by atoms with Crippen LogP contribution in [0.5, 0.6) is 11.8 Å². The molecule has 16 heteroatoms. The highest BCUT2D eigenvalue weighted by molar-refractivity contribution is 7.23. The third-order valence-corrected chi connectivity index (χ3v) is 11.7. The van der Waals surface area contributed by atoms with Crippen molar-refractivity contribution in [3.63, 3.8) is 0 Å². The number of aromatic nitrogens is 2. The molecule has 4 aliphatic rings. The van der Waals surface area contributed by atoms with Gasteiger partial charge in [0.2, 0.25) is 0 Å². The number of nitrogens with two attached hydrogens (primary N) is 1. The van der Waals surface area contributed by atoms with E-state index in [1.165, 1.54) is 6.07 Å². The number of anilines is 2. The van der Waals surface area contributed by atoms with Crippen LogP contribution >= 0.6 is 22.9 Å². The summed E-state index contributed by atoms with van der Waals surface area (Å²) in [5.74, 6) is -1.40. The first-order valence-corrected chi connectivity index (χ1v) is 17.3. The van der Waals surface area contributed by atoms with Crippen molar-refractivity contribution in [1.29, 1.82) is 5.26 Å². The van der Waals surface area contributed by atoms with Gasteiger partial charge >= 0.3 is 12.6 Å². The Morgan fingerprint density at radius 2 is 2.02 bits per heavy atom. The van der Waals surface area contributed by atoms with E-state index in [0.29, 0.717) is 38.8 Å². The molecule has 49 heavy (non-hydrogen) atoms. The Bertz CT molecular complexity index is 2030. The van der Waals surface area contributed by atoms with Crippen molar-refractivity contribution in [2.45, 2.75) is 69.0 Å². The fourth-order valence-electron chi connectivity index (χ4n) is 8.14. The smallest absolute Gasteiger partial charge is 0.345 e. The minimum absolute atomic E-state index is 0.00528. The maximum absolute atomic E-state index is 17.2. The van der Waals surface area contributed by atoms with E-state index >= 15 is 4.39 Å². The number of rotatable bonds is 6. The molecule has 4 atom stereocenters. The topological polar surface area (TPSA) is 110 Å². The molecule has 0 saturated carbocycles. The number of ether oxygens (including phenoxy) is 3. The van der Waals surface area contributed by atoms with Gasteiger partial charge in [-0.2, -0.15) is 24.0 Å². The Labute approximate surface area is 286 Å². The van der Waals surface area contributed by atoms with Crippen LogP contribution in [0, 0.1) is 23.0 Å². The molecule has 2 aromatic carbocycles. The van der Waals surface area contributed by atoms with Gasteiger partial charge in [0.15, 0.2) is 11.6 Å². The summed E-state index contributed by atoms with van der Waals surface area (Å²) in [4.78, 5) is 13.1. The molecular weight excluding hydrogens is 691 g/mol. The first-order valence-electron chi connectivity index (χ1n) is 16.1. The molecule has 0 spiro atoms. The van der Waals surface area contributed by atoms with Crippen LogP contribution < -0.4 is 20.1 Å². The normalized spacial score (nSPS) is 25.3. The fourth-order valence-corrected chi connectivity index (χ4v) is 9.43. The number of thiophene rings is 1.